The van der Waals surface area contributed by atoms with Crippen LogP contribution in [0.15, 0.2) is 18.2 Å². The minimum absolute atomic E-state index is 0.0510. The Labute approximate surface area is 114 Å². The molecule has 0 saturated heterocycles. The van der Waals surface area contributed by atoms with E-state index < -0.39 is 0 Å². The van der Waals surface area contributed by atoms with Gasteiger partial charge in [0.05, 0.1) is 0 Å². The van der Waals surface area contributed by atoms with Crippen LogP contribution >= 0.6 is 0 Å². The molecule has 4 heteroatoms. The molecule has 106 valence electrons. The van der Waals surface area contributed by atoms with Crippen LogP contribution < -0.4 is 5.73 Å². The van der Waals surface area contributed by atoms with Gasteiger partial charge < -0.3 is 15.9 Å². The molecule has 1 fully saturated rings. The molecule has 1 saturated carbocycles. The number of phenolic OH excluding ortho intramolecular Hbond substituents is 2. The quantitative estimate of drug-likeness (QED) is 0.728. The van der Waals surface area contributed by atoms with Gasteiger partial charge in [-0.3, -0.25) is 4.90 Å². The Balaban J connectivity index is 2.02. The lowest BCUT2D eigenvalue weighted by molar-refractivity contribution is 0.127. The lowest BCUT2D eigenvalue weighted by Gasteiger charge is -2.37. The zero-order valence-corrected chi connectivity index (χ0v) is 11.5. The van der Waals surface area contributed by atoms with E-state index in [-0.39, 0.29) is 11.5 Å². The first-order chi connectivity index (χ1) is 9.11. The summed E-state index contributed by atoms with van der Waals surface area (Å²) >= 11 is 0. The van der Waals surface area contributed by atoms with Crippen molar-refractivity contribution in [1.82, 2.24) is 4.90 Å². The number of phenols is 2. The molecule has 0 amide bonds. The monoisotopic (exact) mass is 264 g/mol. The summed E-state index contributed by atoms with van der Waals surface area (Å²) < 4.78 is 0. The third kappa shape index (κ3) is 3.39. The second kappa shape index (κ2) is 6.26. The number of hydrogen-bond acceptors (Lipinski definition) is 4. The molecule has 1 aliphatic rings. The molecule has 4 N–H and O–H groups in total. The molecule has 1 aromatic carbocycles. The highest BCUT2D eigenvalue weighted by Crippen LogP contribution is 2.29. The molecule has 0 bridgehead atoms. The Morgan fingerprint density at radius 3 is 2.63 bits per heavy atom. The number of nitrogens with zero attached hydrogens (tertiary/aromatic N) is 1. The summed E-state index contributed by atoms with van der Waals surface area (Å²) in [6.07, 6.45) is 4.97. The van der Waals surface area contributed by atoms with Crippen LogP contribution in [0.1, 0.15) is 31.2 Å². The van der Waals surface area contributed by atoms with Crippen LogP contribution in [0.25, 0.3) is 0 Å². The summed E-state index contributed by atoms with van der Waals surface area (Å²) in [5.41, 5.74) is 6.88. The maximum absolute atomic E-state index is 9.53. The van der Waals surface area contributed by atoms with Crippen molar-refractivity contribution in [3.8, 4) is 11.5 Å². The summed E-state index contributed by atoms with van der Waals surface area (Å²) in [6.45, 7) is 1.52. The van der Waals surface area contributed by atoms with Gasteiger partial charge in [-0.15, -0.1) is 0 Å². The predicted molar refractivity (Wildman–Crippen MR) is 76.0 cm³/mol. The Morgan fingerprint density at radius 2 is 1.95 bits per heavy atom. The first kappa shape index (κ1) is 14.2. The smallest absolute Gasteiger partial charge is 0.157 e. The molecule has 19 heavy (non-hydrogen) atoms. The average Bonchev–Trinajstić information content (AvgIpc) is 2.43. The number of rotatable bonds is 4. The van der Waals surface area contributed by atoms with Gasteiger partial charge >= 0.3 is 0 Å². The second-order valence-electron chi connectivity index (χ2n) is 5.59. The minimum Gasteiger partial charge on any atom is -0.504 e. The van der Waals surface area contributed by atoms with Crippen molar-refractivity contribution in [2.24, 2.45) is 11.7 Å². The summed E-state index contributed by atoms with van der Waals surface area (Å²) in [5, 5.41) is 18.9. The van der Waals surface area contributed by atoms with Gasteiger partial charge in [0, 0.05) is 12.6 Å². The molecule has 2 rings (SSSR count). The number of nitrogens with two attached hydrogens (primary N) is 1. The third-order valence-corrected chi connectivity index (χ3v) is 4.21. The van der Waals surface area contributed by atoms with Crippen molar-refractivity contribution in [3.63, 3.8) is 0 Å². The standard InChI is InChI=1S/C15H24N2O2/c1-17(13-5-3-2-4-12(13)9-16)10-11-6-7-14(18)15(19)8-11/h6-8,12-13,18-19H,2-5,9-10,16H2,1H3. The topological polar surface area (TPSA) is 69.7 Å². The molecule has 2 unspecified atom stereocenters. The highest BCUT2D eigenvalue weighted by atomic mass is 16.3. The number of hydrogen-bond donors (Lipinski definition) is 3. The summed E-state index contributed by atoms with van der Waals surface area (Å²) in [4.78, 5) is 2.32. The fourth-order valence-corrected chi connectivity index (χ4v) is 3.12. The molecule has 0 aromatic heterocycles. The average molecular weight is 264 g/mol. The van der Waals surface area contributed by atoms with Crippen LogP contribution in [0, 0.1) is 5.92 Å². The van der Waals surface area contributed by atoms with E-state index in [1.165, 1.54) is 25.7 Å². The Hall–Kier alpha value is -1.26. The highest BCUT2D eigenvalue weighted by molar-refractivity contribution is 5.40. The van der Waals surface area contributed by atoms with Crippen molar-refractivity contribution in [2.75, 3.05) is 13.6 Å². The van der Waals surface area contributed by atoms with Gasteiger partial charge in [-0.2, -0.15) is 0 Å². The number of aromatic hydroxyl groups is 2. The molecule has 0 aliphatic heterocycles. The van der Waals surface area contributed by atoms with Gasteiger partial charge in [-0.25, -0.2) is 0 Å². The van der Waals surface area contributed by atoms with Gasteiger partial charge in [-0.05, 0) is 50.0 Å². The van der Waals surface area contributed by atoms with Gasteiger partial charge in [-0.1, -0.05) is 18.9 Å². The van der Waals surface area contributed by atoms with E-state index in [0.29, 0.717) is 12.0 Å². The van der Waals surface area contributed by atoms with E-state index in [2.05, 4.69) is 11.9 Å². The lowest BCUT2D eigenvalue weighted by Crippen LogP contribution is -2.42. The Bertz CT molecular complexity index is 423. The van der Waals surface area contributed by atoms with Crippen molar-refractivity contribution in [1.29, 1.82) is 0 Å². The maximum Gasteiger partial charge on any atom is 0.157 e. The Morgan fingerprint density at radius 1 is 1.21 bits per heavy atom. The van der Waals surface area contributed by atoms with Crippen molar-refractivity contribution in [3.05, 3.63) is 23.8 Å². The molecule has 1 aliphatic carbocycles. The molecular formula is C15H24N2O2. The lowest BCUT2D eigenvalue weighted by atomic mass is 9.83. The zero-order valence-electron chi connectivity index (χ0n) is 11.5. The number of benzene rings is 1. The van der Waals surface area contributed by atoms with Crippen LogP contribution in [-0.4, -0.2) is 34.7 Å². The van der Waals surface area contributed by atoms with E-state index in [1.807, 2.05) is 6.07 Å². The SMILES string of the molecule is CN(Cc1ccc(O)c(O)c1)C1CCCCC1CN. The van der Waals surface area contributed by atoms with Gasteiger partial charge in [0.15, 0.2) is 11.5 Å². The van der Waals surface area contributed by atoms with Gasteiger partial charge in [0.1, 0.15) is 0 Å². The van der Waals surface area contributed by atoms with E-state index in [4.69, 9.17) is 5.73 Å². The molecule has 0 spiro atoms. The van der Waals surface area contributed by atoms with Crippen LogP contribution in [0.5, 0.6) is 11.5 Å². The molecule has 4 nitrogen and oxygen atoms in total. The summed E-state index contributed by atoms with van der Waals surface area (Å²) in [5.74, 6) is 0.457. The zero-order chi connectivity index (χ0) is 13.8. The largest absolute Gasteiger partial charge is 0.504 e. The van der Waals surface area contributed by atoms with E-state index >= 15 is 0 Å². The molecular weight excluding hydrogens is 240 g/mol. The normalized spacial score (nSPS) is 23.7. The minimum atomic E-state index is -0.0658. The Kier molecular flexibility index (Phi) is 4.66. The van der Waals surface area contributed by atoms with Crippen LogP contribution in [0.3, 0.4) is 0 Å². The van der Waals surface area contributed by atoms with E-state index in [1.54, 1.807) is 12.1 Å². The molecule has 0 heterocycles. The summed E-state index contributed by atoms with van der Waals surface area (Å²) in [7, 11) is 2.11. The maximum atomic E-state index is 9.53. The van der Waals surface area contributed by atoms with Crippen molar-refractivity contribution in [2.45, 2.75) is 38.3 Å². The second-order valence-corrected chi connectivity index (χ2v) is 5.59. The third-order valence-electron chi connectivity index (χ3n) is 4.21. The molecule has 2 atom stereocenters. The first-order valence-corrected chi connectivity index (χ1v) is 7.03. The van der Waals surface area contributed by atoms with Crippen LogP contribution in [-0.2, 0) is 6.54 Å². The van der Waals surface area contributed by atoms with E-state index in [0.717, 1.165) is 18.7 Å². The fourth-order valence-electron chi connectivity index (χ4n) is 3.12. The van der Waals surface area contributed by atoms with Gasteiger partial charge in [0.25, 0.3) is 0 Å². The van der Waals surface area contributed by atoms with Crippen molar-refractivity contribution < 1.29 is 10.2 Å². The van der Waals surface area contributed by atoms with Gasteiger partial charge in [0.2, 0.25) is 0 Å². The van der Waals surface area contributed by atoms with Crippen LogP contribution in [0.4, 0.5) is 0 Å². The summed E-state index contributed by atoms with van der Waals surface area (Å²) in [6, 6.07) is 5.55. The highest BCUT2D eigenvalue weighted by Gasteiger charge is 2.27. The van der Waals surface area contributed by atoms with Crippen molar-refractivity contribution >= 4 is 0 Å². The fraction of sp³-hybridized carbons (Fsp3) is 0.600. The van der Waals surface area contributed by atoms with Crippen LogP contribution in [0.2, 0.25) is 0 Å². The van der Waals surface area contributed by atoms with E-state index in [9.17, 15) is 10.2 Å². The molecule has 1 aromatic rings. The first-order valence-electron chi connectivity index (χ1n) is 7.03. The predicted octanol–water partition coefficient (Wildman–Crippen LogP) is 2.05. The molecule has 0 radical (unpaired) electrons.